The van der Waals surface area contributed by atoms with E-state index in [0.29, 0.717) is 28.2 Å². The number of nitrogens with zero attached hydrogens (tertiary/aromatic N) is 4. The van der Waals surface area contributed by atoms with Gasteiger partial charge in [-0.15, -0.1) is 0 Å². The summed E-state index contributed by atoms with van der Waals surface area (Å²) >= 11 is 0. The molecule has 4 aromatic rings. The van der Waals surface area contributed by atoms with Gasteiger partial charge in [0.15, 0.2) is 5.65 Å². The Kier molecular flexibility index (Phi) is 5.17. The number of benzene rings is 2. The Labute approximate surface area is 196 Å². The standard InChI is InChI=1S/C26H26FN5O2/c27-19-10-18(11-20(33)13-19)24-23-25(28)29-14-30-26(23)32(31-24)22-3-1-2-16-4-5-17(12-21(16)22)15-6-8-34-9-7-15/h4-5,10-15,22,33H,1-3,6-9H2,(H2,28,29,30). The fourth-order valence-electron chi connectivity index (χ4n) is 5.46. The van der Waals surface area contributed by atoms with Crippen LogP contribution in [0.25, 0.3) is 22.3 Å². The number of aromatic nitrogens is 4. The number of nitrogens with two attached hydrogens (primary N) is 1. The smallest absolute Gasteiger partial charge is 0.164 e. The minimum absolute atomic E-state index is 0.0174. The van der Waals surface area contributed by atoms with E-state index in [1.54, 1.807) is 0 Å². The number of aryl methyl sites for hydroxylation is 1. The highest BCUT2D eigenvalue weighted by molar-refractivity contribution is 5.98. The molecular weight excluding hydrogens is 433 g/mol. The topological polar surface area (TPSA) is 99.1 Å². The van der Waals surface area contributed by atoms with Gasteiger partial charge in [0.25, 0.3) is 0 Å². The molecule has 2 aliphatic rings. The summed E-state index contributed by atoms with van der Waals surface area (Å²) in [7, 11) is 0. The van der Waals surface area contributed by atoms with Gasteiger partial charge >= 0.3 is 0 Å². The predicted molar refractivity (Wildman–Crippen MR) is 127 cm³/mol. The average molecular weight is 460 g/mol. The van der Waals surface area contributed by atoms with Crippen LogP contribution in [-0.4, -0.2) is 38.1 Å². The Bertz CT molecular complexity index is 1360. The maximum atomic E-state index is 14.1. The van der Waals surface area contributed by atoms with Crippen molar-refractivity contribution in [1.82, 2.24) is 19.7 Å². The molecule has 1 aliphatic heterocycles. The molecular formula is C26H26FN5O2. The minimum Gasteiger partial charge on any atom is -0.508 e. The number of nitrogen functional groups attached to an aromatic ring is 1. The average Bonchev–Trinajstić information content (AvgIpc) is 3.24. The van der Waals surface area contributed by atoms with Crippen molar-refractivity contribution in [2.24, 2.45) is 0 Å². The number of rotatable bonds is 3. The number of ether oxygens (including phenoxy) is 1. The van der Waals surface area contributed by atoms with Crippen LogP contribution in [-0.2, 0) is 11.2 Å². The zero-order chi connectivity index (χ0) is 23.2. The Balaban J connectivity index is 1.51. The molecule has 174 valence electrons. The molecule has 0 spiro atoms. The van der Waals surface area contributed by atoms with Gasteiger partial charge in [0, 0.05) is 24.8 Å². The summed E-state index contributed by atoms with van der Waals surface area (Å²) in [5.74, 6) is 0.0660. The van der Waals surface area contributed by atoms with Crippen molar-refractivity contribution in [3.05, 3.63) is 65.2 Å². The first kappa shape index (κ1) is 21.0. The molecule has 2 aromatic heterocycles. The van der Waals surface area contributed by atoms with E-state index in [2.05, 4.69) is 28.2 Å². The summed E-state index contributed by atoms with van der Waals surface area (Å²) < 4.78 is 21.6. The molecule has 7 nitrogen and oxygen atoms in total. The molecule has 1 fully saturated rings. The third kappa shape index (κ3) is 3.58. The van der Waals surface area contributed by atoms with Crippen LogP contribution in [0.5, 0.6) is 5.75 Å². The van der Waals surface area contributed by atoms with E-state index in [9.17, 15) is 9.50 Å². The first-order valence-corrected chi connectivity index (χ1v) is 11.8. The van der Waals surface area contributed by atoms with Gasteiger partial charge in [-0.3, -0.25) is 0 Å². The van der Waals surface area contributed by atoms with E-state index in [4.69, 9.17) is 15.6 Å². The molecule has 2 aromatic carbocycles. The van der Waals surface area contributed by atoms with Gasteiger partial charge in [-0.1, -0.05) is 18.2 Å². The fraction of sp³-hybridized carbons (Fsp3) is 0.346. The third-order valence-corrected chi connectivity index (χ3v) is 7.11. The van der Waals surface area contributed by atoms with Gasteiger partial charge < -0.3 is 15.6 Å². The molecule has 3 N–H and O–H groups in total. The van der Waals surface area contributed by atoms with Crippen molar-refractivity contribution in [2.45, 2.75) is 44.1 Å². The van der Waals surface area contributed by atoms with Crippen LogP contribution in [0.15, 0.2) is 42.7 Å². The minimum atomic E-state index is -0.544. The highest BCUT2D eigenvalue weighted by atomic mass is 19.1. The third-order valence-electron chi connectivity index (χ3n) is 7.11. The summed E-state index contributed by atoms with van der Waals surface area (Å²) in [5, 5.41) is 15.5. The second-order valence-corrected chi connectivity index (χ2v) is 9.20. The first-order valence-electron chi connectivity index (χ1n) is 11.8. The molecule has 1 aliphatic carbocycles. The van der Waals surface area contributed by atoms with E-state index in [1.165, 1.54) is 35.2 Å². The molecule has 0 amide bonds. The fourth-order valence-corrected chi connectivity index (χ4v) is 5.46. The summed E-state index contributed by atoms with van der Waals surface area (Å²) in [4.78, 5) is 8.69. The van der Waals surface area contributed by atoms with Gasteiger partial charge in [0.05, 0.1) is 11.4 Å². The van der Waals surface area contributed by atoms with Crippen LogP contribution in [0.1, 0.15) is 54.3 Å². The molecule has 1 unspecified atom stereocenters. The summed E-state index contributed by atoms with van der Waals surface area (Å²) in [6.07, 6.45) is 6.48. The quantitative estimate of drug-likeness (QED) is 0.459. The van der Waals surface area contributed by atoms with Crippen molar-refractivity contribution in [3.63, 3.8) is 0 Å². The molecule has 0 saturated carbocycles. The van der Waals surface area contributed by atoms with E-state index < -0.39 is 5.82 Å². The Morgan fingerprint density at radius 2 is 1.91 bits per heavy atom. The molecule has 1 saturated heterocycles. The van der Waals surface area contributed by atoms with Crippen LogP contribution >= 0.6 is 0 Å². The van der Waals surface area contributed by atoms with Gasteiger partial charge in [-0.05, 0) is 66.8 Å². The summed E-state index contributed by atoms with van der Waals surface area (Å²) in [5.41, 5.74) is 11.7. The van der Waals surface area contributed by atoms with Crippen molar-refractivity contribution >= 4 is 16.9 Å². The highest BCUT2D eigenvalue weighted by Crippen LogP contribution is 2.40. The normalized spacial score (nSPS) is 18.8. The second-order valence-electron chi connectivity index (χ2n) is 9.20. The largest absolute Gasteiger partial charge is 0.508 e. The number of anilines is 1. The Morgan fingerprint density at radius 1 is 1.06 bits per heavy atom. The summed E-state index contributed by atoms with van der Waals surface area (Å²) in [6, 6.07) is 10.7. The molecule has 0 radical (unpaired) electrons. The maximum absolute atomic E-state index is 14.1. The van der Waals surface area contributed by atoms with E-state index in [0.717, 1.165) is 51.4 Å². The number of halogens is 1. The van der Waals surface area contributed by atoms with Gasteiger partial charge in [-0.25, -0.2) is 19.0 Å². The lowest BCUT2D eigenvalue weighted by Crippen LogP contribution is -2.20. The van der Waals surface area contributed by atoms with E-state index in [-0.39, 0.29) is 17.6 Å². The van der Waals surface area contributed by atoms with Crippen LogP contribution in [0.2, 0.25) is 0 Å². The highest BCUT2D eigenvalue weighted by Gasteiger charge is 2.28. The van der Waals surface area contributed by atoms with Gasteiger partial charge in [0.2, 0.25) is 0 Å². The number of aromatic hydroxyl groups is 1. The molecule has 34 heavy (non-hydrogen) atoms. The van der Waals surface area contributed by atoms with Crippen LogP contribution in [0, 0.1) is 5.82 Å². The monoisotopic (exact) mass is 459 g/mol. The van der Waals surface area contributed by atoms with Crippen molar-refractivity contribution < 1.29 is 14.2 Å². The molecule has 6 rings (SSSR count). The number of phenols is 1. The SMILES string of the molecule is Nc1ncnc2c1c(-c1cc(O)cc(F)c1)nn2C1CCCc2ccc(C3CCOCC3)cc21. The number of hydrogen-bond acceptors (Lipinski definition) is 6. The molecule has 8 heteroatoms. The maximum Gasteiger partial charge on any atom is 0.164 e. The zero-order valence-corrected chi connectivity index (χ0v) is 18.7. The molecule has 1 atom stereocenters. The van der Waals surface area contributed by atoms with Gasteiger partial charge in [-0.2, -0.15) is 5.10 Å². The zero-order valence-electron chi connectivity index (χ0n) is 18.7. The number of fused-ring (bicyclic) bond motifs is 2. The van der Waals surface area contributed by atoms with Crippen LogP contribution in [0.3, 0.4) is 0 Å². The number of hydrogen-bond donors (Lipinski definition) is 2. The Morgan fingerprint density at radius 3 is 2.74 bits per heavy atom. The Hall–Kier alpha value is -3.52. The van der Waals surface area contributed by atoms with Crippen LogP contribution in [0.4, 0.5) is 10.2 Å². The number of phenolic OH excluding ortho intramolecular Hbond substituents is 1. The van der Waals surface area contributed by atoms with Crippen molar-refractivity contribution in [3.8, 4) is 17.0 Å². The molecule has 0 bridgehead atoms. The van der Waals surface area contributed by atoms with Crippen molar-refractivity contribution in [2.75, 3.05) is 18.9 Å². The lowest BCUT2D eigenvalue weighted by Gasteiger charge is -2.29. The predicted octanol–water partition coefficient (Wildman–Crippen LogP) is 4.74. The second kappa shape index (κ2) is 8.36. The lowest BCUT2D eigenvalue weighted by molar-refractivity contribution is 0.0853. The van der Waals surface area contributed by atoms with Gasteiger partial charge in [0.1, 0.15) is 29.4 Å². The molecule has 3 heterocycles. The summed E-state index contributed by atoms with van der Waals surface area (Å²) in [6.45, 7) is 1.60. The van der Waals surface area contributed by atoms with Crippen molar-refractivity contribution in [1.29, 1.82) is 0 Å². The lowest BCUT2D eigenvalue weighted by atomic mass is 9.83. The van der Waals surface area contributed by atoms with E-state index >= 15 is 0 Å². The first-order chi connectivity index (χ1) is 16.6. The van der Waals surface area contributed by atoms with E-state index in [1.807, 2.05) is 4.68 Å². The van der Waals surface area contributed by atoms with Crippen LogP contribution < -0.4 is 5.73 Å².